The van der Waals surface area contributed by atoms with Crippen LogP contribution in [0.5, 0.6) is 0 Å². The summed E-state index contributed by atoms with van der Waals surface area (Å²) >= 11 is 0. The number of nitrogens with zero attached hydrogens (tertiary/aromatic N) is 2. The molecule has 0 aromatic heterocycles. The van der Waals surface area contributed by atoms with Gasteiger partial charge in [0, 0.05) is 50.2 Å². The van der Waals surface area contributed by atoms with Gasteiger partial charge in [-0.25, -0.2) is 0 Å². The van der Waals surface area contributed by atoms with Gasteiger partial charge in [-0.3, -0.25) is 9.69 Å². The predicted octanol–water partition coefficient (Wildman–Crippen LogP) is 1.85. The Labute approximate surface area is 162 Å². The zero-order valence-electron chi connectivity index (χ0n) is 16.4. The molecule has 0 spiro atoms. The van der Waals surface area contributed by atoms with Crippen molar-refractivity contribution < 1.29 is 14.6 Å². The van der Waals surface area contributed by atoms with Crippen LogP contribution in [0.25, 0.3) is 0 Å². The van der Waals surface area contributed by atoms with Crippen molar-refractivity contribution in [3.05, 3.63) is 35.4 Å². The summed E-state index contributed by atoms with van der Waals surface area (Å²) in [4.78, 5) is 16.7. The Kier molecular flexibility index (Phi) is 6.89. The first kappa shape index (κ1) is 19.9. The molecule has 2 aliphatic heterocycles. The number of carbonyl (C=O) groups excluding carboxylic acids is 1. The van der Waals surface area contributed by atoms with Crippen LogP contribution in [-0.4, -0.2) is 72.9 Å². The van der Waals surface area contributed by atoms with Crippen molar-refractivity contribution in [3.63, 3.8) is 0 Å². The number of rotatable bonds is 4. The number of aliphatic hydroxyl groups excluding tert-OH is 1. The third-order valence-electron chi connectivity index (χ3n) is 5.77. The molecule has 5 heteroatoms. The van der Waals surface area contributed by atoms with E-state index in [2.05, 4.69) is 28.9 Å². The molecule has 0 unspecified atom stereocenters. The molecule has 0 radical (unpaired) electrons. The van der Waals surface area contributed by atoms with Crippen LogP contribution in [0.15, 0.2) is 24.3 Å². The maximum Gasteiger partial charge on any atom is 0.222 e. The number of aliphatic hydroxyl groups is 1. The fourth-order valence-corrected chi connectivity index (χ4v) is 4.39. The van der Waals surface area contributed by atoms with Gasteiger partial charge in [0.25, 0.3) is 0 Å². The summed E-state index contributed by atoms with van der Waals surface area (Å²) in [7, 11) is 1.64. The van der Waals surface area contributed by atoms with E-state index in [0.29, 0.717) is 13.0 Å². The molecular weight excluding hydrogens is 340 g/mol. The van der Waals surface area contributed by atoms with Crippen LogP contribution in [0.1, 0.15) is 43.2 Å². The number of ether oxygens (including phenoxy) is 1. The largest absolute Gasteiger partial charge is 0.395 e. The molecule has 0 bridgehead atoms. The first-order valence-corrected chi connectivity index (χ1v) is 9.91. The molecule has 1 aromatic carbocycles. The van der Waals surface area contributed by atoms with Crippen LogP contribution in [-0.2, 0) is 9.53 Å². The predicted molar refractivity (Wildman–Crippen MR) is 105 cm³/mol. The minimum Gasteiger partial charge on any atom is -0.395 e. The van der Waals surface area contributed by atoms with E-state index in [1.807, 2.05) is 24.0 Å². The highest BCUT2D eigenvalue weighted by molar-refractivity contribution is 5.75. The Balaban J connectivity index is 1.78. The van der Waals surface area contributed by atoms with E-state index in [4.69, 9.17) is 4.74 Å². The molecule has 3 atom stereocenters. The van der Waals surface area contributed by atoms with E-state index in [0.717, 1.165) is 38.0 Å². The summed E-state index contributed by atoms with van der Waals surface area (Å²) < 4.78 is 4.96. The number of benzene rings is 1. The third-order valence-corrected chi connectivity index (χ3v) is 5.77. The molecule has 1 amide bonds. The first-order valence-electron chi connectivity index (χ1n) is 9.91. The molecule has 2 heterocycles. The first-order chi connectivity index (χ1) is 13.2. The van der Waals surface area contributed by atoms with Crippen molar-refractivity contribution >= 4 is 5.91 Å². The molecule has 2 fully saturated rings. The van der Waals surface area contributed by atoms with E-state index in [-0.39, 0.29) is 30.5 Å². The Morgan fingerprint density at radius 2 is 2.00 bits per heavy atom. The van der Waals surface area contributed by atoms with Crippen molar-refractivity contribution in [1.82, 2.24) is 9.80 Å². The molecule has 1 N–H and O–H groups in total. The van der Waals surface area contributed by atoms with E-state index in [1.54, 1.807) is 7.11 Å². The number of hydrogen-bond donors (Lipinski definition) is 1. The maximum absolute atomic E-state index is 12.3. The lowest BCUT2D eigenvalue weighted by Crippen LogP contribution is -2.67. The number of carbonyl (C=O) groups is 1. The van der Waals surface area contributed by atoms with Crippen molar-refractivity contribution in [1.29, 1.82) is 0 Å². The van der Waals surface area contributed by atoms with Gasteiger partial charge < -0.3 is 14.7 Å². The van der Waals surface area contributed by atoms with Crippen molar-refractivity contribution in [3.8, 4) is 11.8 Å². The number of methoxy groups -OCH3 is 1. The minimum atomic E-state index is 0.136. The fraction of sp³-hybridized carbons (Fsp3) is 0.591. The quantitative estimate of drug-likeness (QED) is 0.822. The highest BCUT2D eigenvalue weighted by atomic mass is 16.5. The van der Waals surface area contributed by atoms with E-state index in [9.17, 15) is 9.90 Å². The molecule has 3 rings (SSSR count). The van der Waals surface area contributed by atoms with Crippen LogP contribution in [0.3, 0.4) is 0 Å². The van der Waals surface area contributed by atoms with Gasteiger partial charge >= 0.3 is 0 Å². The zero-order valence-corrected chi connectivity index (χ0v) is 16.4. The third kappa shape index (κ3) is 4.35. The van der Waals surface area contributed by atoms with Gasteiger partial charge in [0.2, 0.25) is 5.91 Å². The average molecular weight is 370 g/mol. The van der Waals surface area contributed by atoms with Gasteiger partial charge in [-0.1, -0.05) is 30.9 Å². The van der Waals surface area contributed by atoms with Crippen LogP contribution >= 0.6 is 0 Å². The molecule has 1 aromatic rings. The van der Waals surface area contributed by atoms with Crippen molar-refractivity contribution in [2.45, 2.75) is 44.2 Å². The summed E-state index contributed by atoms with van der Waals surface area (Å²) in [5.74, 6) is 6.54. The Morgan fingerprint density at radius 3 is 2.67 bits per heavy atom. The lowest BCUT2D eigenvalue weighted by Gasteiger charge is -2.57. The Hall–Kier alpha value is -1.87. The van der Waals surface area contributed by atoms with Crippen LogP contribution < -0.4 is 0 Å². The van der Waals surface area contributed by atoms with E-state index in [1.165, 1.54) is 5.56 Å². The second-order valence-corrected chi connectivity index (χ2v) is 7.34. The van der Waals surface area contributed by atoms with Crippen molar-refractivity contribution in [2.75, 3.05) is 40.0 Å². The Morgan fingerprint density at radius 1 is 1.26 bits per heavy atom. The second kappa shape index (κ2) is 9.36. The maximum atomic E-state index is 12.3. The summed E-state index contributed by atoms with van der Waals surface area (Å²) in [5, 5.41) is 9.98. The topological polar surface area (TPSA) is 53.0 Å². The zero-order chi connectivity index (χ0) is 19.2. The normalized spacial score (nSPS) is 25.4. The van der Waals surface area contributed by atoms with Crippen LogP contribution in [0.2, 0.25) is 0 Å². The molecule has 27 heavy (non-hydrogen) atoms. The molecule has 0 aliphatic carbocycles. The molecule has 2 saturated heterocycles. The summed E-state index contributed by atoms with van der Waals surface area (Å²) in [6.07, 6.45) is 2.66. The molecule has 0 saturated carbocycles. The highest BCUT2D eigenvalue weighted by Gasteiger charge is 2.49. The number of fused-ring (bicyclic) bond motifs is 1. The molecular formula is C22H30N2O3. The van der Waals surface area contributed by atoms with Crippen LogP contribution in [0.4, 0.5) is 0 Å². The SMILES string of the molecule is CCC(=O)N1CCCCN2[C@@H](CO)[C@@H](c3ccc(C#CCOC)cc3)[C@@H]2C1. The lowest BCUT2D eigenvalue weighted by molar-refractivity contribution is -0.136. The standard InChI is InChI=1S/C22H30N2O3/c1-3-21(26)23-12-4-5-13-24-19(15-23)22(20(24)16-25)18-10-8-17(9-11-18)7-6-14-27-2/h8-11,19-20,22,25H,3-5,12-16H2,1-2H3/t19-,20-,22-/m0/s1. The second-order valence-electron chi connectivity index (χ2n) is 7.34. The monoisotopic (exact) mass is 370 g/mol. The van der Waals surface area contributed by atoms with Gasteiger partial charge in [0.05, 0.1) is 6.61 Å². The smallest absolute Gasteiger partial charge is 0.222 e. The lowest BCUT2D eigenvalue weighted by atomic mass is 9.74. The Bertz CT molecular complexity index is 692. The molecule has 5 nitrogen and oxygen atoms in total. The number of hydrogen-bond acceptors (Lipinski definition) is 4. The fourth-order valence-electron chi connectivity index (χ4n) is 4.39. The summed E-state index contributed by atoms with van der Waals surface area (Å²) in [6.45, 7) is 5.11. The summed E-state index contributed by atoms with van der Waals surface area (Å²) in [5.41, 5.74) is 2.19. The average Bonchev–Trinajstić information content (AvgIpc) is 2.67. The van der Waals surface area contributed by atoms with Gasteiger partial charge in [-0.05, 0) is 37.1 Å². The van der Waals surface area contributed by atoms with Crippen molar-refractivity contribution in [2.24, 2.45) is 0 Å². The van der Waals surface area contributed by atoms with Gasteiger partial charge in [-0.2, -0.15) is 0 Å². The van der Waals surface area contributed by atoms with E-state index >= 15 is 0 Å². The van der Waals surface area contributed by atoms with Gasteiger partial charge in [-0.15, -0.1) is 0 Å². The summed E-state index contributed by atoms with van der Waals surface area (Å²) in [6, 6.07) is 8.72. The van der Waals surface area contributed by atoms with Crippen LogP contribution in [0, 0.1) is 11.8 Å². The van der Waals surface area contributed by atoms with Gasteiger partial charge in [0.15, 0.2) is 0 Å². The number of amides is 1. The highest BCUT2D eigenvalue weighted by Crippen LogP contribution is 2.41. The molecule has 146 valence electrons. The molecule has 2 aliphatic rings. The van der Waals surface area contributed by atoms with Gasteiger partial charge in [0.1, 0.15) is 6.61 Å². The minimum absolute atomic E-state index is 0.136. The van der Waals surface area contributed by atoms with E-state index < -0.39 is 0 Å².